The van der Waals surface area contributed by atoms with Gasteiger partial charge in [-0.2, -0.15) is 13.2 Å². The lowest BCUT2D eigenvalue weighted by atomic mass is 10.3. The van der Waals surface area contributed by atoms with E-state index in [1.807, 2.05) is 0 Å². The highest BCUT2D eigenvalue weighted by Gasteiger charge is 2.28. The maximum Gasteiger partial charge on any atom is 0.422 e. The summed E-state index contributed by atoms with van der Waals surface area (Å²) in [5.74, 6) is -0.280. The van der Waals surface area contributed by atoms with Gasteiger partial charge in [-0.3, -0.25) is 4.79 Å². The van der Waals surface area contributed by atoms with E-state index in [9.17, 15) is 22.4 Å². The van der Waals surface area contributed by atoms with E-state index in [0.717, 1.165) is 4.90 Å². The van der Waals surface area contributed by atoms with Crippen LogP contribution in [0.2, 0.25) is 0 Å². The number of thioether (sulfide) groups is 1. The third-order valence-electron chi connectivity index (χ3n) is 2.96. The fraction of sp³-hybridized carbons (Fsp3) is 0.235. The molecule has 8 heteroatoms. The summed E-state index contributed by atoms with van der Waals surface area (Å²) in [7, 11) is 0. The van der Waals surface area contributed by atoms with Crippen molar-refractivity contribution in [1.82, 2.24) is 0 Å². The highest BCUT2D eigenvalue weighted by Crippen LogP contribution is 2.27. The number of halogens is 4. The van der Waals surface area contributed by atoms with E-state index >= 15 is 0 Å². The first kappa shape index (κ1) is 19.1. The summed E-state index contributed by atoms with van der Waals surface area (Å²) in [6.07, 6.45) is -4.31. The normalized spacial score (nSPS) is 11.2. The number of carbonyl (C=O) groups is 1. The van der Waals surface area contributed by atoms with Crippen molar-refractivity contribution >= 4 is 23.4 Å². The Morgan fingerprint density at radius 3 is 2.44 bits per heavy atom. The van der Waals surface area contributed by atoms with Crippen LogP contribution in [-0.2, 0) is 4.79 Å². The molecular formula is C17H15F4NO2S. The van der Waals surface area contributed by atoms with Gasteiger partial charge in [-0.1, -0.05) is 12.1 Å². The zero-order valence-electron chi connectivity index (χ0n) is 13.0. The topological polar surface area (TPSA) is 38.3 Å². The van der Waals surface area contributed by atoms with E-state index < -0.39 is 12.8 Å². The van der Waals surface area contributed by atoms with Crippen molar-refractivity contribution in [2.75, 3.05) is 17.7 Å². The average molecular weight is 373 g/mol. The van der Waals surface area contributed by atoms with Crippen molar-refractivity contribution < 1.29 is 27.1 Å². The van der Waals surface area contributed by atoms with Crippen LogP contribution in [0.1, 0.15) is 6.42 Å². The van der Waals surface area contributed by atoms with E-state index in [1.54, 1.807) is 18.2 Å². The monoisotopic (exact) mass is 373 g/mol. The minimum atomic E-state index is -4.46. The van der Waals surface area contributed by atoms with Gasteiger partial charge < -0.3 is 10.1 Å². The first-order valence-corrected chi connectivity index (χ1v) is 8.29. The molecule has 0 fully saturated rings. The van der Waals surface area contributed by atoms with Gasteiger partial charge in [-0.25, -0.2) is 4.39 Å². The lowest BCUT2D eigenvalue weighted by Gasteiger charge is -2.13. The summed E-state index contributed by atoms with van der Waals surface area (Å²) in [6.45, 7) is -1.43. The minimum Gasteiger partial charge on any atom is -0.482 e. The number of anilines is 1. The first-order chi connectivity index (χ1) is 11.8. The molecule has 1 amide bonds. The van der Waals surface area contributed by atoms with Crippen LogP contribution >= 0.6 is 11.8 Å². The summed E-state index contributed by atoms with van der Waals surface area (Å²) >= 11 is 1.38. The Kier molecular flexibility index (Phi) is 6.69. The van der Waals surface area contributed by atoms with Gasteiger partial charge in [0.25, 0.3) is 0 Å². The van der Waals surface area contributed by atoms with E-state index in [4.69, 9.17) is 4.74 Å². The summed E-state index contributed by atoms with van der Waals surface area (Å²) in [5, 5.41) is 2.54. The molecule has 0 bridgehead atoms. The number of carbonyl (C=O) groups excluding carboxylic acids is 1. The Bertz CT molecular complexity index is 705. The number of ether oxygens (including phenoxy) is 1. The summed E-state index contributed by atoms with van der Waals surface area (Å²) in [5.41, 5.74) is 0.184. The predicted octanol–water partition coefficient (Wildman–Crippen LogP) is 4.89. The van der Waals surface area contributed by atoms with Gasteiger partial charge in [0.05, 0.1) is 5.69 Å². The molecule has 0 saturated heterocycles. The highest BCUT2D eigenvalue weighted by molar-refractivity contribution is 7.99. The van der Waals surface area contributed by atoms with E-state index in [-0.39, 0.29) is 29.6 Å². The van der Waals surface area contributed by atoms with Gasteiger partial charge in [-0.05, 0) is 36.4 Å². The molecule has 0 saturated carbocycles. The van der Waals surface area contributed by atoms with Crippen molar-refractivity contribution in [1.29, 1.82) is 0 Å². The SMILES string of the molecule is O=C(CCSc1ccc(F)cc1)Nc1ccccc1OCC(F)(F)F. The predicted molar refractivity (Wildman–Crippen MR) is 88.4 cm³/mol. The second-order valence-corrected chi connectivity index (χ2v) is 6.17. The molecule has 0 unspecified atom stereocenters. The highest BCUT2D eigenvalue weighted by atomic mass is 32.2. The Morgan fingerprint density at radius 2 is 1.76 bits per heavy atom. The fourth-order valence-corrected chi connectivity index (χ4v) is 2.71. The molecule has 0 atom stereocenters. The minimum absolute atomic E-state index is 0.0423. The van der Waals surface area contributed by atoms with Gasteiger partial charge in [0.1, 0.15) is 11.6 Å². The maximum atomic E-state index is 12.8. The molecule has 2 rings (SSSR count). The Balaban J connectivity index is 1.84. The molecule has 134 valence electrons. The fourth-order valence-electron chi connectivity index (χ4n) is 1.86. The van der Waals surface area contributed by atoms with Gasteiger partial charge in [0, 0.05) is 17.1 Å². The largest absolute Gasteiger partial charge is 0.482 e. The Hall–Kier alpha value is -2.22. The lowest BCUT2D eigenvalue weighted by Crippen LogP contribution is -2.20. The van der Waals surface area contributed by atoms with Crippen LogP contribution in [0, 0.1) is 5.82 Å². The van der Waals surface area contributed by atoms with Crippen LogP contribution in [0.25, 0.3) is 0 Å². The van der Waals surface area contributed by atoms with Crippen molar-refractivity contribution in [3.05, 3.63) is 54.3 Å². The Morgan fingerprint density at radius 1 is 1.08 bits per heavy atom. The first-order valence-electron chi connectivity index (χ1n) is 7.30. The average Bonchev–Trinajstić information content (AvgIpc) is 2.55. The Labute approximate surface area is 146 Å². The molecular weight excluding hydrogens is 358 g/mol. The van der Waals surface area contributed by atoms with E-state index in [0.29, 0.717) is 5.75 Å². The number of benzene rings is 2. The number of hydrogen-bond acceptors (Lipinski definition) is 3. The van der Waals surface area contributed by atoms with Gasteiger partial charge in [0.2, 0.25) is 5.91 Å². The molecule has 0 radical (unpaired) electrons. The number of rotatable bonds is 7. The molecule has 25 heavy (non-hydrogen) atoms. The smallest absolute Gasteiger partial charge is 0.422 e. The molecule has 0 heterocycles. The van der Waals surface area contributed by atoms with Crippen molar-refractivity contribution in [3.8, 4) is 5.75 Å². The van der Waals surface area contributed by atoms with Crippen molar-refractivity contribution in [2.24, 2.45) is 0 Å². The van der Waals surface area contributed by atoms with Crippen LogP contribution in [0.5, 0.6) is 5.75 Å². The number of nitrogens with one attached hydrogen (secondary N) is 1. The summed E-state index contributed by atoms with van der Waals surface area (Å²) in [6, 6.07) is 11.8. The zero-order chi connectivity index (χ0) is 18.3. The molecule has 0 aliphatic rings. The molecule has 1 N–H and O–H groups in total. The number of hydrogen-bond donors (Lipinski definition) is 1. The number of para-hydroxylation sites is 2. The summed E-state index contributed by atoms with van der Waals surface area (Å²) < 4.78 is 54.3. The van der Waals surface area contributed by atoms with Crippen LogP contribution in [-0.4, -0.2) is 24.4 Å². The lowest BCUT2D eigenvalue weighted by molar-refractivity contribution is -0.153. The van der Waals surface area contributed by atoms with Crippen molar-refractivity contribution in [2.45, 2.75) is 17.5 Å². The molecule has 2 aromatic rings. The molecule has 0 aromatic heterocycles. The van der Waals surface area contributed by atoms with Crippen LogP contribution < -0.4 is 10.1 Å². The number of amides is 1. The molecule has 0 aliphatic heterocycles. The van der Waals surface area contributed by atoms with Crippen LogP contribution in [0.15, 0.2) is 53.4 Å². The third kappa shape index (κ3) is 7.04. The standard InChI is InChI=1S/C17H15F4NO2S/c18-12-5-7-13(8-6-12)25-10-9-16(23)22-14-3-1-2-4-15(14)24-11-17(19,20)21/h1-8H,9-11H2,(H,22,23). The third-order valence-corrected chi connectivity index (χ3v) is 3.98. The quantitative estimate of drug-likeness (QED) is 0.555. The van der Waals surface area contributed by atoms with Crippen LogP contribution in [0.3, 0.4) is 0 Å². The number of alkyl halides is 3. The molecule has 2 aromatic carbocycles. The van der Waals surface area contributed by atoms with Gasteiger partial charge >= 0.3 is 6.18 Å². The maximum absolute atomic E-state index is 12.8. The van der Waals surface area contributed by atoms with Crippen LogP contribution in [0.4, 0.5) is 23.2 Å². The summed E-state index contributed by atoms with van der Waals surface area (Å²) in [4.78, 5) is 12.8. The van der Waals surface area contributed by atoms with Crippen molar-refractivity contribution in [3.63, 3.8) is 0 Å². The molecule has 0 spiro atoms. The molecule has 0 aliphatic carbocycles. The molecule has 3 nitrogen and oxygen atoms in total. The van der Waals surface area contributed by atoms with Gasteiger partial charge in [-0.15, -0.1) is 11.8 Å². The van der Waals surface area contributed by atoms with E-state index in [2.05, 4.69) is 5.32 Å². The van der Waals surface area contributed by atoms with E-state index in [1.165, 1.54) is 42.1 Å². The zero-order valence-corrected chi connectivity index (χ0v) is 13.8. The van der Waals surface area contributed by atoms with Gasteiger partial charge in [0.15, 0.2) is 6.61 Å². The second kappa shape index (κ2) is 8.75. The second-order valence-electron chi connectivity index (χ2n) is 5.00.